The van der Waals surface area contributed by atoms with E-state index in [1.165, 1.54) is 12.1 Å². The first-order valence-electron chi connectivity index (χ1n) is 9.65. The number of benzene rings is 3. The van der Waals surface area contributed by atoms with Crippen molar-refractivity contribution >= 4 is 38.9 Å². The highest BCUT2D eigenvalue weighted by Gasteiger charge is 2.33. The maximum absolute atomic E-state index is 13.1. The minimum absolute atomic E-state index is 0.0636. The van der Waals surface area contributed by atoms with E-state index in [4.69, 9.17) is 16.7 Å². The third kappa shape index (κ3) is 4.69. The highest BCUT2D eigenvalue weighted by Crippen LogP contribution is 2.33. The Hall–Kier alpha value is -3.00. The first-order chi connectivity index (χ1) is 14.8. The molecule has 8 heteroatoms. The molecule has 1 aliphatic rings. The number of hydrogen-bond donors (Lipinski definition) is 1. The summed E-state index contributed by atoms with van der Waals surface area (Å²) in [7, 11) is -3.72. The van der Waals surface area contributed by atoms with Crippen molar-refractivity contribution in [2.75, 3.05) is 11.4 Å². The monoisotopic (exact) mass is 453 g/mol. The highest BCUT2D eigenvalue weighted by atomic mass is 35.5. The number of fused-ring (bicyclic) bond motifs is 1. The number of aliphatic imine (C=N–C) groups is 1. The van der Waals surface area contributed by atoms with Gasteiger partial charge in [0.05, 0.1) is 17.1 Å². The average Bonchev–Trinajstić information content (AvgIpc) is 2.99. The second-order valence-electron chi connectivity index (χ2n) is 7.21. The van der Waals surface area contributed by atoms with Crippen molar-refractivity contribution in [1.29, 1.82) is 0 Å². The van der Waals surface area contributed by atoms with E-state index in [9.17, 15) is 13.2 Å². The molecule has 3 aromatic carbocycles. The number of rotatable bonds is 6. The van der Waals surface area contributed by atoms with Gasteiger partial charge < -0.3 is 4.90 Å². The van der Waals surface area contributed by atoms with Gasteiger partial charge in [-0.2, -0.15) is 0 Å². The van der Waals surface area contributed by atoms with E-state index in [-0.39, 0.29) is 10.8 Å². The fourth-order valence-corrected chi connectivity index (χ4v) is 4.19. The van der Waals surface area contributed by atoms with E-state index in [0.717, 1.165) is 22.4 Å². The smallest absolute Gasteiger partial charge is 0.277 e. The van der Waals surface area contributed by atoms with Gasteiger partial charge in [0.2, 0.25) is 10.0 Å². The summed E-state index contributed by atoms with van der Waals surface area (Å²) < 4.78 is 22.8. The molecule has 2 N–H and O–H groups in total. The van der Waals surface area contributed by atoms with Crippen molar-refractivity contribution in [2.45, 2.75) is 17.9 Å². The predicted octanol–water partition coefficient (Wildman–Crippen LogP) is 3.57. The van der Waals surface area contributed by atoms with Crippen molar-refractivity contribution < 1.29 is 13.2 Å². The van der Waals surface area contributed by atoms with E-state index >= 15 is 0 Å². The van der Waals surface area contributed by atoms with Gasteiger partial charge in [-0.25, -0.2) is 13.6 Å². The standard InChI is InChI=1S/C23H20ClN3O3S/c24-18-8-11-21-20(14-18)22(23(28)27(21)15-17-4-2-1-3-5-17)26-13-12-16-6-9-19(10-7-16)31(25,29)30/h1-11,14H,12-13,15H2,(H2,25,29,30). The molecule has 0 bridgehead atoms. The summed E-state index contributed by atoms with van der Waals surface area (Å²) >= 11 is 6.18. The Morgan fingerprint density at radius 2 is 1.65 bits per heavy atom. The van der Waals surface area contributed by atoms with Crippen LogP contribution in [0.15, 0.2) is 82.7 Å². The van der Waals surface area contributed by atoms with Crippen LogP contribution >= 0.6 is 11.6 Å². The van der Waals surface area contributed by atoms with Crippen molar-refractivity contribution in [2.24, 2.45) is 10.1 Å². The Bertz CT molecular complexity index is 1260. The molecule has 1 aliphatic heterocycles. The minimum Gasteiger partial charge on any atom is -0.302 e. The lowest BCUT2D eigenvalue weighted by Crippen LogP contribution is -2.29. The van der Waals surface area contributed by atoms with Crippen molar-refractivity contribution in [3.8, 4) is 0 Å². The Kier molecular flexibility index (Phi) is 5.91. The SMILES string of the molecule is NS(=O)(=O)c1ccc(CCN=C2C(=O)N(Cc3ccccc3)c3ccc(Cl)cc32)cc1. The zero-order valence-electron chi connectivity index (χ0n) is 16.5. The molecule has 0 saturated heterocycles. The van der Waals surface area contributed by atoms with E-state index in [2.05, 4.69) is 4.99 Å². The van der Waals surface area contributed by atoms with E-state index in [1.54, 1.807) is 29.2 Å². The number of amides is 1. The van der Waals surface area contributed by atoms with Gasteiger partial charge in [-0.3, -0.25) is 9.79 Å². The molecule has 0 radical (unpaired) electrons. The lowest BCUT2D eigenvalue weighted by Gasteiger charge is -2.16. The van der Waals surface area contributed by atoms with Gasteiger partial charge >= 0.3 is 0 Å². The maximum Gasteiger partial charge on any atom is 0.277 e. The Labute approximate surface area is 186 Å². The topological polar surface area (TPSA) is 92.8 Å². The molecule has 0 atom stereocenters. The largest absolute Gasteiger partial charge is 0.302 e. The van der Waals surface area contributed by atoms with Crippen LogP contribution < -0.4 is 10.0 Å². The van der Waals surface area contributed by atoms with Gasteiger partial charge in [0.15, 0.2) is 0 Å². The number of primary sulfonamides is 1. The van der Waals surface area contributed by atoms with Crippen LogP contribution in [-0.2, 0) is 27.8 Å². The van der Waals surface area contributed by atoms with Crippen LogP contribution in [-0.4, -0.2) is 26.6 Å². The van der Waals surface area contributed by atoms with E-state index in [0.29, 0.717) is 30.2 Å². The summed E-state index contributed by atoms with van der Waals surface area (Å²) in [5, 5.41) is 5.67. The van der Waals surface area contributed by atoms with Crippen LogP contribution in [0.5, 0.6) is 0 Å². The number of anilines is 1. The minimum atomic E-state index is -3.72. The molecular formula is C23H20ClN3O3S. The van der Waals surface area contributed by atoms with Crippen LogP contribution in [0.2, 0.25) is 5.02 Å². The molecule has 4 rings (SSSR count). The normalized spacial score (nSPS) is 14.8. The molecule has 0 unspecified atom stereocenters. The first-order valence-corrected chi connectivity index (χ1v) is 11.6. The zero-order valence-corrected chi connectivity index (χ0v) is 18.1. The second kappa shape index (κ2) is 8.63. The molecule has 3 aromatic rings. The molecule has 31 heavy (non-hydrogen) atoms. The van der Waals surface area contributed by atoms with Crippen molar-refractivity contribution in [1.82, 2.24) is 0 Å². The lowest BCUT2D eigenvalue weighted by atomic mass is 10.1. The van der Waals surface area contributed by atoms with Crippen LogP contribution in [0.1, 0.15) is 16.7 Å². The second-order valence-corrected chi connectivity index (χ2v) is 9.21. The number of nitrogens with zero attached hydrogens (tertiary/aromatic N) is 2. The van der Waals surface area contributed by atoms with E-state index < -0.39 is 10.0 Å². The number of sulfonamides is 1. The van der Waals surface area contributed by atoms with Crippen molar-refractivity contribution in [3.63, 3.8) is 0 Å². The quantitative estimate of drug-likeness (QED) is 0.618. The van der Waals surface area contributed by atoms with Gasteiger partial charge in [0, 0.05) is 17.1 Å². The molecule has 0 fully saturated rings. The number of hydrogen-bond acceptors (Lipinski definition) is 4. The average molecular weight is 454 g/mol. The summed E-state index contributed by atoms with van der Waals surface area (Å²) in [6.45, 7) is 0.823. The van der Waals surface area contributed by atoms with Gasteiger partial charge in [-0.1, -0.05) is 54.1 Å². The number of carbonyl (C=O) groups is 1. The molecular weight excluding hydrogens is 434 g/mol. The van der Waals surface area contributed by atoms with Crippen LogP contribution in [0.4, 0.5) is 5.69 Å². The summed E-state index contributed by atoms with van der Waals surface area (Å²) in [4.78, 5) is 19.5. The third-order valence-corrected chi connectivity index (χ3v) is 6.22. The van der Waals surface area contributed by atoms with Gasteiger partial charge in [0.25, 0.3) is 5.91 Å². The van der Waals surface area contributed by atoms with Crippen LogP contribution in [0.25, 0.3) is 0 Å². The zero-order chi connectivity index (χ0) is 22.0. The highest BCUT2D eigenvalue weighted by molar-refractivity contribution is 7.89. The fraction of sp³-hybridized carbons (Fsp3) is 0.130. The molecule has 0 aromatic heterocycles. The summed E-state index contributed by atoms with van der Waals surface area (Å²) in [5.74, 6) is -0.161. The van der Waals surface area contributed by atoms with Crippen molar-refractivity contribution in [3.05, 3.63) is 94.5 Å². The van der Waals surface area contributed by atoms with Gasteiger partial charge in [-0.15, -0.1) is 0 Å². The summed E-state index contributed by atoms with van der Waals surface area (Å²) in [5.41, 5.74) is 3.81. The first kappa shape index (κ1) is 21.2. The molecule has 0 spiro atoms. The molecule has 6 nitrogen and oxygen atoms in total. The lowest BCUT2D eigenvalue weighted by molar-refractivity contribution is -0.112. The number of carbonyl (C=O) groups excluding carboxylic acids is 1. The Morgan fingerprint density at radius 1 is 0.935 bits per heavy atom. The van der Waals surface area contributed by atoms with E-state index in [1.807, 2.05) is 36.4 Å². The van der Waals surface area contributed by atoms with Crippen LogP contribution in [0.3, 0.4) is 0 Å². The molecule has 1 amide bonds. The Morgan fingerprint density at radius 3 is 2.32 bits per heavy atom. The number of halogens is 1. The summed E-state index contributed by atoms with van der Waals surface area (Å²) in [6, 6.07) is 21.5. The Balaban J connectivity index is 1.55. The predicted molar refractivity (Wildman–Crippen MR) is 122 cm³/mol. The number of nitrogens with two attached hydrogens (primary N) is 1. The van der Waals surface area contributed by atoms with Gasteiger partial charge in [-0.05, 0) is 47.9 Å². The fourth-order valence-electron chi connectivity index (χ4n) is 3.50. The molecule has 158 valence electrons. The summed E-state index contributed by atoms with van der Waals surface area (Å²) in [6.07, 6.45) is 0.552. The molecule has 0 saturated carbocycles. The third-order valence-electron chi connectivity index (χ3n) is 5.06. The van der Waals surface area contributed by atoms with Gasteiger partial charge in [0.1, 0.15) is 5.71 Å². The molecule has 0 aliphatic carbocycles. The molecule has 1 heterocycles. The van der Waals surface area contributed by atoms with Crippen LogP contribution in [0, 0.1) is 0 Å². The maximum atomic E-state index is 13.1.